The number of rotatable bonds is 6. The Labute approximate surface area is 192 Å². The number of sulfonamides is 1. The number of anilines is 1. The minimum absolute atomic E-state index is 0.180. The molecule has 2 N–H and O–H groups in total. The lowest BCUT2D eigenvalue weighted by molar-refractivity contribution is 0.415. The lowest BCUT2D eigenvalue weighted by Gasteiger charge is -2.12. The number of methoxy groups -OCH3 is 1. The number of benzene rings is 4. The molecule has 1 heterocycles. The zero-order valence-corrected chi connectivity index (χ0v) is 18.6. The van der Waals surface area contributed by atoms with Gasteiger partial charge in [0, 0.05) is 5.56 Å². The minimum Gasteiger partial charge on any atom is -0.497 e. The highest BCUT2D eigenvalue weighted by atomic mass is 32.2. The van der Waals surface area contributed by atoms with Crippen molar-refractivity contribution in [3.63, 3.8) is 0 Å². The maximum absolute atomic E-state index is 13.1. The Balaban J connectivity index is 1.43. The van der Waals surface area contributed by atoms with Gasteiger partial charge in [0.25, 0.3) is 10.0 Å². The van der Waals surface area contributed by atoms with E-state index in [1.807, 2.05) is 60.7 Å². The molecule has 164 valence electrons. The maximum atomic E-state index is 13.1. The van der Waals surface area contributed by atoms with E-state index in [1.165, 1.54) is 0 Å². The van der Waals surface area contributed by atoms with Gasteiger partial charge in [-0.15, -0.1) is 0 Å². The summed E-state index contributed by atoms with van der Waals surface area (Å²) in [6.45, 7) is 0. The number of hydrogen-bond donors (Lipinski definition) is 2. The van der Waals surface area contributed by atoms with E-state index in [2.05, 4.69) is 14.7 Å². The molecule has 0 amide bonds. The predicted molar refractivity (Wildman–Crippen MR) is 131 cm³/mol. The zero-order valence-electron chi connectivity index (χ0n) is 17.8. The second kappa shape index (κ2) is 8.44. The highest BCUT2D eigenvalue weighted by Gasteiger charge is 2.18. The molecule has 4 aromatic carbocycles. The van der Waals surface area contributed by atoms with Crippen molar-refractivity contribution in [3.8, 4) is 28.3 Å². The van der Waals surface area contributed by atoms with Crippen molar-refractivity contribution in [1.29, 1.82) is 0 Å². The fraction of sp³-hybridized carbons (Fsp3) is 0.0385. The summed E-state index contributed by atoms with van der Waals surface area (Å²) in [5.41, 5.74) is 4.73. The van der Waals surface area contributed by atoms with Crippen LogP contribution in [-0.4, -0.2) is 25.5 Å². The normalized spacial score (nSPS) is 11.4. The lowest BCUT2D eigenvalue weighted by atomic mass is 10.1. The molecule has 1 aromatic heterocycles. The van der Waals surface area contributed by atoms with Crippen LogP contribution in [0.2, 0.25) is 0 Å². The Morgan fingerprint density at radius 1 is 0.788 bits per heavy atom. The molecule has 0 unspecified atom stereocenters. The van der Waals surface area contributed by atoms with E-state index in [4.69, 9.17) is 4.74 Å². The molecule has 0 fully saturated rings. The molecule has 0 atom stereocenters. The van der Waals surface area contributed by atoms with Gasteiger partial charge in [-0.25, -0.2) is 13.4 Å². The number of ether oxygens (including phenoxy) is 1. The highest BCUT2D eigenvalue weighted by molar-refractivity contribution is 7.92. The second-order valence-corrected chi connectivity index (χ2v) is 9.19. The Morgan fingerprint density at radius 3 is 2.12 bits per heavy atom. The van der Waals surface area contributed by atoms with Crippen molar-refractivity contribution in [1.82, 2.24) is 9.97 Å². The zero-order chi connectivity index (χ0) is 22.8. The van der Waals surface area contributed by atoms with Gasteiger partial charge >= 0.3 is 0 Å². The summed E-state index contributed by atoms with van der Waals surface area (Å²) in [5.74, 6) is 1.37. The fourth-order valence-corrected chi connectivity index (χ4v) is 4.75. The first kappa shape index (κ1) is 20.8. The van der Waals surface area contributed by atoms with Crippen LogP contribution in [0.4, 0.5) is 5.69 Å². The first-order chi connectivity index (χ1) is 16.0. The van der Waals surface area contributed by atoms with Gasteiger partial charge in [0.05, 0.1) is 28.7 Å². The van der Waals surface area contributed by atoms with Crippen molar-refractivity contribution in [3.05, 3.63) is 97.1 Å². The number of H-pyrrole nitrogens is 1. The largest absolute Gasteiger partial charge is 0.497 e. The molecular weight excluding hydrogens is 434 g/mol. The van der Waals surface area contributed by atoms with E-state index < -0.39 is 10.0 Å². The van der Waals surface area contributed by atoms with Gasteiger partial charge in [-0.05, 0) is 59.7 Å². The first-order valence-corrected chi connectivity index (χ1v) is 11.8. The van der Waals surface area contributed by atoms with Crippen LogP contribution in [0.3, 0.4) is 0 Å². The fourth-order valence-electron chi connectivity index (χ4n) is 3.67. The van der Waals surface area contributed by atoms with Gasteiger partial charge in [0.2, 0.25) is 0 Å². The Hall–Kier alpha value is -4.10. The highest BCUT2D eigenvalue weighted by Crippen LogP contribution is 2.30. The van der Waals surface area contributed by atoms with Gasteiger partial charge in [0.15, 0.2) is 0 Å². The van der Waals surface area contributed by atoms with Gasteiger partial charge in [-0.2, -0.15) is 0 Å². The Bertz CT molecular complexity index is 1490. The quantitative estimate of drug-likeness (QED) is 0.344. The third-order valence-electron chi connectivity index (χ3n) is 5.40. The molecule has 0 aliphatic rings. The first-order valence-electron chi connectivity index (χ1n) is 10.3. The summed E-state index contributed by atoms with van der Waals surface area (Å²) in [4.78, 5) is 8.04. The lowest BCUT2D eigenvalue weighted by Crippen LogP contribution is -2.13. The number of aromatic amines is 1. The molecule has 5 rings (SSSR count). The van der Waals surface area contributed by atoms with Crippen LogP contribution in [0.5, 0.6) is 5.75 Å². The number of nitrogens with zero attached hydrogens (tertiary/aromatic N) is 1. The van der Waals surface area contributed by atoms with Crippen molar-refractivity contribution < 1.29 is 13.2 Å². The number of hydrogen-bond acceptors (Lipinski definition) is 4. The Kier molecular flexibility index (Phi) is 5.32. The number of fused-ring (bicyclic) bond motifs is 1. The average Bonchev–Trinajstić information content (AvgIpc) is 3.28. The van der Waals surface area contributed by atoms with E-state index in [0.29, 0.717) is 17.1 Å². The molecule has 0 spiro atoms. The summed E-state index contributed by atoms with van der Waals surface area (Å²) in [5, 5.41) is 0. The molecule has 0 saturated carbocycles. The second-order valence-electron chi connectivity index (χ2n) is 7.51. The van der Waals surface area contributed by atoms with E-state index in [9.17, 15) is 8.42 Å². The summed E-state index contributed by atoms with van der Waals surface area (Å²) >= 11 is 0. The van der Waals surface area contributed by atoms with Crippen LogP contribution in [0.15, 0.2) is 102 Å². The smallest absolute Gasteiger partial charge is 0.261 e. The van der Waals surface area contributed by atoms with Gasteiger partial charge in [-0.3, -0.25) is 4.72 Å². The van der Waals surface area contributed by atoms with Crippen LogP contribution in [0.1, 0.15) is 0 Å². The number of aromatic nitrogens is 2. The Morgan fingerprint density at radius 2 is 1.42 bits per heavy atom. The van der Waals surface area contributed by atoms with Gasteiger partial charge in [0.1, 0.15) is 11.6 Å². The van der Waals surface area contributed by atoms with Crippen molar-refractivity contribution in [2.45, 2.75) is 4.90 Å². The van der Waals surface area contributed by atoms with Crippen molar-refractivity contribution in [2.75, 3.05) is 11.8 Å². The molecule has 0 saturated heterocycles. The molecule has 0 bridgehead atoms. The number of nitrogens with one attached hydrogen (secondary N) is 2. The molecule has 7 heteroatoms. The summed E-state index contributed by atoms with van der Waals surface area (Å²) < 4.78 is 34.2. The molecule has 6 nitrogen and oxygen atoms in total. The van der Waals surface area contributed by atoms with E-state index in [-0.39, 0.29) is 4.90 Å². The number of para-hydroxylation sites is 3. The van der Waals surface area contributed by atoms with Crippen LogP contribution >= 0.6 is 0 Å². The average molecular weight is 456 g/mol. The van der Waals surface area contributed by atoms with E-state index in [1.54, 1.807) is 43.5 Å². The number of imidazole rings is 1. The van der Waals surface area contributed by atoms with Crippen LogP contribution in [0, 0.1) is 0 Å². The van der Waals surface area contributed by atoms with Crippen molar-refractivity contribution >= 4 is 26.7 Å². The van der Waals surface area contributed by atoms with Crippen LogP contribution in [0.25, 0.3) is 33.5 Å². The molecule has 5 aromatic rings. The van der Waals surface area contributed by atoms with Crippen LogP contribution in [-0.2, 0) is 10.0 Å². The summed E-state index contributed by atoms with van der Waals surface area (Å²) in [6.07, 6.45) is 0. The molecule has 33 heavy (non-hydrogen) atoms. The van der Waals surface area contributed by atoms with Gasteiger partial charge < -0.3 is 9.72 Å². The SMILES string of the molecule is COc1ccc(-c2ccc(S(=O)(=O)Nc3ccccc3-c3nc4ccccc4[nH]3)cc2)cc1. The minimum atomic E-state index is -3.80. The monoisotopic (exact) mass is 455 g/mol. The maximum Gasteiger partial charge on any atom is 0.261 e. The molecular formula is C26H21N3O3S. The third kappa shape index (κ3) is 4.18. The summed E-state index contributed by atoms with van der Waals surface area (Å²) in [7, 11) is -2.18. The van der Waals surface area contributed by atoms with Crippen molar-refractivity contribution in [2.24, 2.45) is 0 Å². The van der Waals surface area contributed by atoms with E-state index in [0.717, 1.165) is 27.9 Å². The third-order valence-corrected chi connectivity index (χ3v) is 6.79. The molecule has 0 aliphatic carbocycles. The van der Waals surface area contributed by atoms with Crippen LogP contribution < -0.4 is 9.46 Å². The van der Waals surface area contributed by atoms with Gasteiger partial charge in [-0.1, -0.05) is 48.5 Å². The standard InChI is InChI=1S/C26H21N3O3S/c1-32-20-14-10-18(11-15-20)19-12-16-21(17-13-19)33(30,31)29-23-7-3-2-6-22(23)26-27-24-8-4-5-9-25(24)28-26/h2-17,29H,1H3,(H,27,28). The molecule has 0 aliphatic heterocycles. The topological polar surface area (TPSA) is 84.1 Å². The van der Waals surface area contributed by atoms with E-state index >= 15 is 0 Å². The summed E-state index contributed by atoms with van der Waals surface area (Å²) in [6, 6.07) is 29.3. The molecule has 0 radical (unpaired) electrons. The predicted octanol–water partition coefficient (Wildman–Crippen LogP) is 5.71.